The summed E-state index contributed by atoms with van der Waals surface area (Å²) in [6.07, 6.45) is 2.87. The summed E-state index contributed by atoms with van der Waals surface area (Å²) in [5.41, 5.74) is 1.96. The van der Waals surface area contributed by atoms with Gasteiger partial charge in [0.25, 0.3) is 5.91 Å². The lowest BCUT2D eigenvalue weighted by Crippen LogP contribution is -2.32. The van der Waals surface area contributed by atoms with Crippen LogP contribution in [0.2, 0.25) is 0 Å². The molecule has 2 aromatic rings. The molecule has 0 saturated carbocycles. The van der Waals surface area contributed by atoms with Gasteiger partial charge in [0.05, 0.1) is 4.88 Å². The third-order valence-electron chi connectivity index (χ3n) is 3.64. The Labute approximate surface area is 130 Å². The quantitative estimate of drug-likeness (QED) is 0.914. The third kappa shape index (κ3) is 3.23. The number of thiophene rings is 1. The summed E-state index contributed by atoms with van der Waals surface area (Å²) in [5, 5.41) is 4.10. The highest BCUT2D eigenvalue weighted by molar-refractivity contribution is 7.20. The number of carbonyl (C=O) groups is 1. The van der Waals surface area contributed by atoms with Gasteiger partial charge in [0.15, 0.2) is 0 Å². The highest BCUT2D eigenvalue weighted by Gasteiger charge is 2.19. The number of nitrogens with zero attached hydrogens (tertiary/aromatic N) is 2. The Morgan fingerprint density at radius 3 is 2.62 bits per heavy atom. The fraction of sp³-hybridized carbons (Fsp3) is 0.562. The van der Waals surface area contributed by atoms with Gasteiger partial charge in [-0.2, -0.15) is 0 Å². The third-order valence-corrected chi connectivity index (χ3v) is 4.82. The molecule has 0 unspecified atom stereocenters. The van der Waals surface area contributed by atoms with Gasteiger partial charge in [-0.05, 0) is 32.8 Å². The zero-order valence-electron chi connectivity index (χ0n) is 13.4. The van der Waals surface area contributed by atoms with Crippen LogP contribution in [-0.2, 0) is 6.42 Å². The van der Waals surface area contributed by atoms with Gasteiger partial charge < -0.3 is 5.32 Å². The molecule has 21 heavy (non-hydrogen) atoms. The van der Waals surface area contributed by atoms with Crippen molar-refractivity contribution in [1.82, 2.24) is 15.3 Å². The van der Waals surface area contributed by atoms with Gasteiger partial charge in [0.1, 0.15) is 10.7 Å². The van der Waals surface area contributed by atoms with Gasteiger partial charge in [-0.3, -0.25) is 4.79 Å². The first-order valence-corrected chi connectivity index (χ1v) is 8.37. The van der Waals surface area contributed by atoms with Crippen molar-refractivity contribution in [2.75, 3.05) is 0 Å². The predicted octanol–water partition coefficient (Wildman–Crippen LogP) is 3.79. The Kier molecular flexibility index (Phi) is 4.93. The summed E-state index contributed by atoms with van der Waals surface area (Å²) < 4.78 is 0. The number of fused-ring (bicyclic) bond motifs is 1. The monoisotopic (exact) mass is 305 g/mol. The average Bonchev–Trinajstić information content (AvgIpc) is 2.76. The van der Waals surface area contributed by atoms with Crippen molar-refractivity contribution in [2.24, 2.45) is 0 Å². The molecule has 4 nitrogen and oxygen atoms in total. The Morgan fingerprint density at radius 1 is 1.29 bits per heavy atom. The zero-order valence-corrected chi connectivity index (χ0v) is 14.2. The van der Waals surface area contributed by atoms with Gasteiger partial charge in [-0.1, -0.05) is 20.3 Å². The van der Waals surface area contributed by atoms with E-state index in [1.807, 2.05) is 27.7 Å². The van der Waals surface area contributed by atoms with E-state index in [9.17, 15) is 4.79 Å². The largest absolute Gasteiger partial charge is 0.349 e. The zero-order chi connectivity index (χ0) is 15.6. The Bertz CT molecular complexity index is 663. The molecule has 0 spiro atoms. The summed E-state index contributed by atoms with van der Waals surface area (Å²) in [4.78, 5) is 23.2. The smallest absolute Gasteiger partial charge is 0.261 e. The first-order valence-electron chi connectivity index (χ1n) is 7.55. The van der Waals surface area contributed by atoms with Crippen molar-refractivity contribution in [3.05, 3.63) is 22.0 Å². The number of aryl methyl sites for hydroxylation is 3. The van der Waals surface area contributed by atoms with Crippen LogP contribution in [0.15, 0.2) is 0 Å². The molecule has 2 heterocycles. The number of hydrogen-bond acceptors (Lipinski definition) is 4. The van der Waals surface area contributed by atoms with E-state index in [0.29, 0.717) is 0 Å². The lowest BCUT2D eigenvalue weighted by atomic mass is 10.1. The van der Waals surface area contributed by atoms with Gasteiger partial charge in [0.2, 0.25) is 0 Å². The Balaban J connectivity index is 2.39. The van der Waals surface area contributed by atoms with E-state index in [1.54, 1.807) is 0 Å². The second kappa shape index (κ2) is 6.52. The van der Waals surface area contributed by atoms with Crippen LogP contribution >= 0.6 is 11.3 Å². The number of hydrogen-bond donors (Lipinski definition) is 1. The standard InChI is InChI=1S/C16H23N3OS/c1-6-8-9(3)17-15(20)14-10(4)13-11(5)18-12(7-2)19-16(13)21-14/h9H,6-8H2,1-5H3,(H,17,20)/t9-/m1/s1. The molecule has 5 heteroatoms. The molecule has 0 radical (unpaired) electrons. The molecule has 0 fully saturated rings. The van der Waals surface area contributed by atoms with Gasteiger partial charge in [-0.15, -0.1) is 11.3 Å². The number of aromatic nitrogens is 2. The van der Waals surface area contributed by atoms with Crippen LogP contribution in [0.5, 0.6) is 0 Å². The highest BCUT2D eigenvalue weighted by atomic mass is 32.1. The van der Waals surface area contributed by atoms with Gasteiger partial charge in [-0.25, -0.2) is 9.97 Å². The van der Waals surface area contributed by atoms with E-state index in [2.05, 4.69) is 22.2 Å². The van der Waals surface area contributed by atoms with E-state index in [1.165, 1.54) is 11.3 Å². The second-order valence-corrected chi connectivity index (χ2v) is 6.48. The molecule has 0 aliphatic heterocycles. The minimum atomic E-state index is 0.00824. The molecule has 0 aromatic carbocycles. The summed E-state index contributed by atoms with van der Waals surface area (Å²) in [6, 6.07) is 0.200. The fourth-order valence-electron chi connectivity index (χ4n) is 2.56. The second-order valence-electron chi connectivity index (χ2n) is 5.48. The summed E-state index contributed by atoms with van der Waals surface area (Å²) in [6.45, 7) is 10.2. The van der Waals surface area contributed by atoms with Crippen molar-refractivity contribution in [1.29, 1.82) is 0 Å². The van der Waals surface area contributed by atoms with Crippen molar-refractivity contribution in [3.63, 3.8) is 0 Å². The minimum absolute atomic E-state index is 0.00824. The molecule has 2 aromatic heterocycles. The molecule has 1 amide bonds. The number of carbonyl (C=O) groups excluding carboxylic acids is 1. The Hall–Kier alpha value is -1.49. The van der Waals surface area contributed by atoms with E-state index in [0.717, 1.165) is 51.4 Å². The normalized spacial score (nSPS) is 12.6. The topological polar surface area (TPSA) is 54.9 Å². The molecular weight excluding hydrogens is 282 g/mol. The van der Waals surface area contributed by atoms with Crippen molar-refractivity contribution in [3.8, 4) is 0 Å². The van der Waals surface area contributed by atoms with Crippen LogP contribution in [0.3, 0.4) is 0 Å². The van der Waals surface area contributed by atoms with E-state index < -0.39 is 0 Å². The predicted molar refractivity (Wildman–Crippen MR) is 88.1 cm³/mol. The van der Waals surface area contributed by atoms with Crippen LogP contribution < -0.4 is 5.32 Å². The fourth-order valence-corrected chi connectivity index (χ4v) is 3.72. The minimum Gasteiger partial charge on any atom is -0.349 e. The van der Waals surface area contributed by atoms with Crippen LogP contribution in [0, 0.1) is 13.8 Å². The molecular formula is C16H23N3OS. The number of amides is 1. The highest BCUT2D eigenvalue weighted by Crippen LogP contribution is 2.31. The molecule has 1 N–H and O–H groups in total. The van der Waals surface area contributed by atoms with E-state index in [4.69, 9.17) is 0 Å². The molecule has 114 valence electrons. The summed E-state index contributed by atoms with van der Waals surface area (Å²) in [7, 11) is 0. The Morgan fingerprint density at radius 2 is 2.00 bits per heavy atom. The first kappa shape index (κ1) is 15.9. The van der Waals surface area contributed by atoms with Crippen LogP contribution in [0.1, 0.15) is 60.4 Å². The van der Waals surface area contributed by atoms with Crippen molar-refractivity contribution < 1.29 is 4.79 Å². The maximum absolute atomic E-state index is 12.4. The lowest BCUT2D eigenvalue weighted by Gasteiger charge is -2.12. The van der Waals surface area contributed by atoms with Crippen molar-refractivity contribution in [2.45, 2.75) is 59.9 Å². The number of nitrogens with one attached hydrogen (secondary N) is 1. The SMILES string of the molecule is CCC[C@@H](C)NC(=O)c1sc2nc(CC)nc(C)c2c1C. The first-order chi connectivity index (χ1) is 9.97. The van der Waals surface area contributed by atoms with Gasteiger partial charge >= 0.3 is 0 Å². The van der Waals surface area contributed by atoms with Gasteiger partial charge in [0, 0.05) is 23.5 Å². The molecule has 0 aliphatic carbocycles. The molecule has 0 bridgehead atoms. The summed E-state index contributed by atoms with van der Waals surface area (Å²) in [5.74, 6) is 0.849. The average molecular weight is 305 g/mol. The van der Waals surface area contributed by atoms with Crippen LogP contribution in [-0.4, -0.2) is 21.9 Å². The molecule has 1 atom stereocenters. The molecule has 0 saturated heterocycles. The summed E-state index contributed by atoms with van der Waals surface area (Å²) >= 11 is 1.47. The lowest BCUT2D eigenvalue weighted by molar-refractivity contribution is 0.0942. The van der Waals surface area contributed by atoms with Crippen molar-refractivity contribution >= 4 is 27.5 Å². The van der Waals surface area contributed by atoms with Crippen LogP contribution in [0.4, 0.5) is 0 Å². The molecule has 0 aliphatic rings. The maximum atomic E-state index is 12.4. The van der Waals surface area contributed by atoms with E-state index >= 15 is 0 Å². The van der Waals surface area contributed by atoms with Crippen LogP contribution in [0.25, 0.3) is 10.2 Å². The maximum Gasteiger partial charge on any atom is 0.261 e. The molecule has 2 rings (SSSR count). The number of rotatable bonds is 5. The van der Waals surface area contributed by atoms with E-state index in [-0.39, 0.29) is 11.9 Å².